The largest absolute Gasteiger partial charge is 0.467 e. The summed E-state index contributed by atoms with van der Waals surface area (Å²) in [6.45, 7) is 1.26. The summed E-state index contributed by atoms with van der Waals surface area (Å²) in [6, 6.07) is 10.6. The van der Waals surface area contributed by atoms with Crippen molar-refractivity contribution in [2.24, 2.45) is 0 Å². The lowest BCUT2D eigenvalue weighted by Crippen LogP contribution is -2.50. The fraction of sp³-hybridized carbons (Fsp3) is 0.250. The first-order chi connectivity index (χ1) is 10.5. The molecule has 0 unspecified atom stereocenters. The van der Waals surface area contributed by atoms with Crippen molar-refractivity contribution < 1.29 is 23.8 Å². The van der Waals surface area contributed by atoms with Crippen molar-refractivity contribution >= 4 is 11.9 Å². The topological polar surface area (TPSA) is 88.8 Å². The number of rotatable bonds is 5. The lowest BCUT2D eigenvalue weighted by molar-refractivity contribution is -0.164. The lowest BCUT2D eigenvalue weighted by Gasteiger charge is -2.29. The minimum atomic E-state index is -1.98. The average Bonchev–Trinajstić information content (AvgIpc) is 3.06. The number of benzene rings is 1. The Labute approximate surface area is 127 Å². The van der Waals surface area contributed by atoms with Crippen LogP contribution in [0.25, 0.3) is 0 Å². The molecule has 116 valence electrons. The summed E-state index contributed by atoms with van der Waals surface area (Å²) in [7, 11) is 1.16. The molecule has 2 rings (SSSR count). The van der Waals surface area contributed by atoms with Gasteiger partial charge in [-0.15, -0.1) is 0 Å². The van der Waals surface area contributed by atoms with E-state index in [0.29, 0.717) is 5.56 Å². The second kappa shape index (κ2) is 6.44. The van der Waals surface area contributed by atoms with Crippen molar-refractivity contribution in [1.82, 2.24) is 5.32 Å². The smallest absolute Gasteiger partial charge is 0.340 e. The molecular weight excluding hydrogens is 286 g/mol. The van der Waals surface area contributed by atoms with Crippen molar-refractivity contribution in [2.45, 2.75) is 18.6 Å². The Morgan fingerprint density at radius 2 is 1.91 bits per heavy atom. The molecule has 0 radical (unpaired) electrons. The number of aliphatic hydroxyl groups is 1. The molecule has 0 saturated carbocycles. The van der Waals surface area contributed by atoms with Gasteiger partial charge in [-0.3, -0.25) is 4.79 Å². The van der Waals surface area contributed by atoms with Crippen LogP contribution >= 0.6 is 0 Å². The van der Waals surface area contributed by atoms with E-state index in [2.05, 4.69) is 10.1 Å². The van der Waals surface area contributed by atoms with Crippen molar-refractivity contribution in [3.05, 3.63) is 60.1 Å². The van der Waals surface area contributed by atoms with Gasteiger partial charge in [-0.2, -0.15) is 0 Å². The molecule has 2 atom stereocenters. The first-order valence-corrected chi connectivity index (χ1v) is 6.67. The Kier molecular flexibility index (Phi) is 4.62. The monoisotopic (exact) mass is 303 g/mol. The number of carbonyl (C=O) groups is 2. The van der Waals surface area contributed by atoms with Crippen molar-refractivity contribution in [2.75, 3.05) is 7.11 Å². The van der Waals surface area contributed by atoms with Crippen LogP contribution in [0.3, 0.4) is 0 Å². The summed E-state index contributed by atoms with van der Waals surface area (Å²) in [4.78, 5) is 24.1. The van der Waals surface area contributed by atoms with Crippen LogP contribution in [-0.2, 0) is 9.53 Å². The summed E-state index contributed by atoms with van der Waals surface area (Å²) in [5.74, 6) is -1.06. The molecular formula is C16H17NO5. The summed E-state index contributed by atoms with van der Waals surface area (Å²) in [5, 5.41) is 13.1. The maximum absolute atomic E-state index is 12.3. The molecule has 0 aliphatic rings. The molecule has 0 spiro atoms. The molecule has 0 aliphatic carbocycles. The minimum absolute atomic E-state index is 0.250. The fourth-order valence-corrected chi connectivity index (χ4v) is 2.07. The van der Waals surface area contributed by atoms with E-state index >= 15 is 0 Å². The second-order valence-electron chi connectivity index (χ2n) is 4.93. The molecule has 1 aromatic carbocycles. The highest BCUT2D eigenvalue weighted by atomic mass is 16.5. The van der Waals surface area contributed by atoms with Crippen LogP contribution < -0.4 is 5.32 Å². The van der Waals surface area contributed by atoms with Crippen LogP contribution in [0.1, 0.15) is 29.1 Å². The third-order valence-corrected chi connectivity index (χ3v) is 3.30. The maximum Gasteiger partial charge on any atom is 0.340 e. The zero-order valence-corrected chi connectivity index (χ0v) is 12.3. The number of methoxy groups -OCH3 is 1. The van der Waals surface area contributed by atoms with Gasteiger partial charge in [0.05, 0.1) is 13.4 Å². The summed E-state index contributed by atoms with van der Waals surface area (Å²) < 4.78 is 9.83. The first kappa shape index (κ1) is 15.8. The number of amides is 1. The van der Waals surface area contributed by atoms with E-state index in [-0.39, 0.29) is 5.76 Å². The van der Waals surface area contributed by atoms with Gasteiger partial charge in [0.25, 0.3) is 5.91 Å². The Balaban J connectivity index is 2.30. The highest BCUT2D eigenvalue weighted by molar-refractivity contribution is 5.95. The molecule has 2 N–H and O–H groups in total. The van der Waals surface area contributed by atoms with Crippen LogP contribution in [-0.4, -0.2) is 29.7 Å². The van der Waals surface area contributed by atoms with Crippen LogP contribution in [0.15, 0.2) is 53.1 Å². The SMILES string of the molecule is COC(=O)[C@](C)(O)[C@H](NC(=O)c1ccccc1)c1ccco1. The normalized spacial score (nSPS) is 14.7. The molecule has 2 aromatic rings. The third-order valence-electron chi connectivity index (χ3n) is 3.30. The van der Waals surface area contributed by atoms with Crippen molar-refractivity contribution in [3.8, 4) is 0 Å². The molecule has 1 amide bonds. The predicted octanol–water partition coefficient (Wildman–Crippen LogP) is 1.67. The number of carbonyl (C=O) groups excluding carboxylic acids is 2. The van der Waals surface area contributed by atoms with E-state index in [1.54, 1.807) is 42.5 Å². The molecule has 1 heterocycles. The number of nitrogens with one attached hydrogen (secondary N) is 1. The minimum Gasteiger partial charge on any atom is -0.467 e. The number of hydrogen-bond donors (Lipinski definition) is 2. The summed E-state index contributed by atoms with van der Waals surface area (Å²) in [5.41, 5.74) is -1.57. The number of furan rings is 1. The summed E-state index contributed by atoms with van der Waals surface area (Å²) >= 11 is 0. The van der Waals surface area contributed by atoms with Gasteiger partial charge in [0.15, 0.2) is 5.60 Å². The molecule has 0 saturated heterocycles. The Morgan fingerprint density at radius 1 is 1.23 bits per heavy atom. The van der Waals surface area contributed by atoms with Crippen LogP contribution in [0, 0.1) is 0 Å². The average molecular weight is 303 g/mol. The number of hydrogen-bond acceptors (Lipinski definition) is 5. The van der Waals surface area contributed by atoms with Crippen LogP contribution in [0.5, 0.6) is 0 Å². The van der Waals surface area contributed by atoms with Gasteiger partial charge >= 0.3 is 5.97 Å². The highest BCUT2D eigenvalue weighted by Crippen LogP contribution is 2.28. The van der Waals surface area contributed by atoms with Crippen LogP contribution in [0.4, 0.5) is 0 Å². The standard InChI is InChI=1S/C16H17NO5/c1-16(20,15(19)21-2)13(12-9-6-10-22-12)17-14(18)11-7-4-3-5-8-11/h3-10,13,20H,1-2H3,(H,17,18)/t13-,16-/m1/s1. The van der Waals surface area contributed by atoms with Crippen molar-refractivity contribution in [1.29, 1.82) is 0 Å². The zero-order valence-electron chi connectivity index (χ0n) is 12.3. The Morgan fingerprint density at radius 3 is 2.45 bits per heavy atom. The molecule has 6 heteroatoms. The van der Waals surface area contributed by atoms with E-state index in [9.17, 15) is 14.7 Å². The van der Waals surface area contributed by atoms with Gasteiger partial charge in [-0.05, 0) is 31.2 Å². The molecule has 1 aromatic heterocycles. The van der Waals surface area contributed by atoms with Gasteiger partial charge in [-0.25, -0.2) is 4.79 Å². The van der Waals surface area contributed by atoms with Gasteiger partial charge in [0, 0.05) is 5.56 Å². The molecule has 0 bridgehead atoms. The van der Waals surface area contributed by atoms with Gasteiger partial charge < -0.3 is 19.6 Å². The van der Waals surface area contributed by atoms with Crippen LogP contribution in [0.2, 0.25) is 0 Å². The predicted molar refractivity (Wildman–Crippen MR) is 78.0 cm³/mol. The third kappa shape index (κ3) is 3.17. The van der Waals surface area contributed by atoms with Gasteiger partial charge in [0.1, 0.15) is 11.8 Å². The fourth-order valence-electron chi connectivity index (χ4n) is 2.07. The Hall–Kier alpha value is -2.60. The highest BCUT2D eigenvalue weighted by Gasteiger charge is 2.44. The number of ether oxygens (including phenoxy) is 1. The molecule has 22 heavy (non-hydrogen) atoms. The molecule has 0 aliphatic heterocycles. The number of esters is 1. The maximum atomic E-state index is 12.3. The first-order valence-electron chi connectivity index (χ1n) is 6.67. The lowest BCUT2D eigenvalue weighted by atomic mass is 9.94. The van der Waals surface area contributed by atoms with E-state index in [4.69, 9.17) is 4.42 Å². The van der Waals surface area contributed by atoms with Gasteiger partial charge in [-0.1, -0.05) is 18.2 Å². The van der Waals surface area contributed by atoms with E-state index in [1.807, 2.05) is 0 Å². The van der Waals surface area contributed by atoms with E-state index < -0.39 is 23.5 Å². The van der Waals surface area contributed by atoms with Crippen molar-refractivity contribution in [3.63, 3.8) is 0 Å². The molecule has 0 fully saturated rings. The Bertz CT molecular complexity index is 634. The van der Waals surface area contributed by atoms with E-state index in [0.717, 1.165) is 7.11 Å². The zero-order chi connectivity index (χ0) is 16.2. The quantitative estimate of drug-likeness (QED) is 0.820. The van der Waals surface area contributed by atoms with E-state index in [1.165, 1.54) is 13.2 Å². The summed E-state index contributed by atoms with van der Waals surface area (Å²) in [6.07, 6.45) is 1.39. The van der Waals surface area contributed by atoms with Gasteiger partial charge in [0.2, 0.25) is 0 Å². The molecule has 6 nitrogen and oxygen atoms in total. The second-order valence-corrected chi connectivity index (χ2v) is 4.93.